The molecule has 26 heavy (non-hydrogen) atoms. The number of carbonyl (C=O) groups is 3. The van der Waals surface area contributed by atoms with Crippen molar-refractivity contribution in [3.63, 3.8) is 0 Å². The van der Waals surface area contributed by atoms with Crippen LogP contribution in [-0.4, -0.2) is 22.9 Å². The molecule has 5 heteroatoms. The Morgan fingerprint density at radius 2 is 1.81 bits per heavy atom. The summed E-state index contributed by atoms with van der Waals surface area (Å²) in [6.07, 6.45) is 8.35. The molecule has 1 fully saturated rings. The quantitative estimate of drug-likeness (QED) is 0.414. The minimum absolute atomic E-state index is 0.0539. The maximum Gasteiger partial charge on any atom is 0.335 e. The van der Waals surface area contributed by atoms with Gasteiger partial charge in [0.2, 0.25) is 11.8 Å². The Hall–Kier alpha value is -2.43. The summed E-state index contributed by atoms with van der Waals surface area (Å²) in [6, 6.07) is 8.83. The van der Waals surface area contributed by atoms with Crippen LogP contribution < -0.4 is 5.32 Å². The summed E-state index contributed by atoms with van der Waals surface area (Å²) in [4.78, 5) is 32.7. The van der Waals surface area contributed by atoms with Crippen LogP contribution >= 0.6 is 0 Å². The van der Waals surface area contributed by atoms with E-state index in [0.29, 0.717) is 12.0 Å². The highest BCUT2D eigenvalue weighted by atomic mass is 16.4. The van der Waals surface area contributed by atoms with Gasteiger partial charge in [-0.05, 0) is 18.4 Å². The van der Waals surface area contributed by atoms with Crippen LogP contribution in [0.15, 0.2) is 36.9 Å². The topological polar surface area (TPSA) is 83.5 Å². The third kappa shape index (κ3) is 8.10. The lowest BCUT2D eigenvalue weighted by atomic mass is 9.92. The molecule has 1 atom stereocenters. The van der Waals surface area contributed by atoms with Crippen LogP contribution in [0.1, 0.15) is 63.9 Å². The minimum atomic E-state index is -0.976. The second kappa shape index (κ2) is 12.0. The van der Waals surface area contributed by atoms with E-state index in [1.165, 1.54) is 25.7 Å². The Morgan fingerprint density at radius 1 is 1.15 bits per heavy atom. The van der Waals surface area contributed by atoms with Crippen molar-refractivity contribution in [3.8, 4) is 0 Å². The van der Waals surface area contributed by atoms with Crippen molar-refractivity contribution in [3.05, 3.63) is 42.5 Å². The van der Waals surface area contributed by atoms with Crippen LogP contribution in [0.2, 0.25) is 0 Å². The summed E-state index contributed by atoms with van der Waals surface area (Å²) in [7, 11) is 0. The first-order chi connectivity index (χ1) is 12.5. The first-order valence-electron chi connectivity index (χ1n) is 9.27. The number of unbranched alkanes of at least 4 members (excludes halogenated alkanes) is 4. The molecule has 2 rings (SSSR count). The summed E-state index contributed by atoms with van der Waals surface area (Å²) in [6.45, 7) is 5.62. The largest absolute Gasteiger partial charge is 0.478 e. The predicted octanol–water partition coefficient (Wildman–Crippen LogP) is 4.18. The molecule has 1 unspecified atom stereocenters. The predicted molar refractivity (Wildman–Crippen MR) is 102 cm³/mol. The molecule has 1 aliphatic heterocycles. The van der Waals surface area contributed by atoms with Gasteiger partial charge in [-0.3, -0.25) is 14.9 Å². The molecule has 1 saturated heterocycles. The van der Waals surface area contributed by atoms with Gasteiger partial charge in [0.15, 0.2) is 0 Å². The molecule has 1 aromatic rings. The van der Waals surface area contributed by atoms with Gasteiger partial charge >= 0.3 is 5.97 Å². The van der Waals surface area contributed by atoms with Gasteiger partial charge < -0.3 is 5.11 Å². The van der Waals surface area contributed by atoms with Gasteiger partial charge in [0.1, 0.15) is 0 Å². The van der Waals surface area contributed by atoms with Crippen molar-refractivity contribution in [2.24, 2.45) is 5.92 Å². The van der Waals surface area contributed by atoms with Crippen LogP contribution in [0.4, 0.5) is 0 Å². The lowest BCUT2D eigenvalue weighted by Crippen LogP contribution is -2.40. The second-order valence-electron chi connectivity index (χ2n) is 6.50. The number of piperidine rings is 1. The lowest BCUT2D eigenvalue weighted by Gasteiger charge is -2.20. The molecule has 1 aliphatic rings. The van der Waals surface area contributed by atoms with Crippen LogP contribution in [-0.2, 0) is 14.4 Å². The van der Waals surface area contributed by atoms with Crippen molar-refractivity contribution in [1.82, 2.24) is 5.32 Å². The Labute approximate surface area is 155 Å². The van der Waals surface area contributed by atoms with Gasteiger partial charge in [0.25, 0.3) is 0 Å². The van der Waals surface area contributed by atoms with Crippen LogP contribution in [0.5, 0.6) is 0 Å². The fourth-order valence-electron chi connectivity index (χ4n) is 2.77. The molecule has 0 bridgehead atoms. The molecule has 0 radical (unpaired) electrons. The monoisotopic (exact) mass is 359 g/mol. The fraction of sp³-hybridized carbons (Fsp3) is 0.476. The average Bonchev–Trinajstić information content (AvgIpc) is 2.63. The summed E-state index contributed by atoms with van der Waals surface area (Å²) in [5.74, 6) is -1.05. The van der Waals surface area contributed by atoms with Crippen molar-refractivity contribution in [2.45, 2.75) is 58.3 Å². The SMILES string of the molecule is C=C(C(=O)O)c1ccccc1.CCCCCCCC1CCC(=O)NC1=O. The number of amides is 2. The molecular formula is C21H29NO4. The van der Waals surface area contributed by atoms with E-state index in [1.807, 2.05) is 6.07 Å². The molecule has 5 nitrogen and oxygen atoms in total. The van der Waals surface area contributed by atoms with E-state index < -0.39 is 5.97 Å². The first-order valence-corrected chi connectivity index (χ1v) is 9.27. The molecule has 142 valence electrons. The van der Waals surface area contributed by atoms with Crippen molar-refractivity contribution in [1.29, 1.82) is 0 Å². The maximum absolute atomic E-state index is 11.4. The van der Waals surface area contributed by atoms with Gasteiger partial charge in [-0.25, -0.2) is 4.79 Å². The van der Waals surface area contributed by atoms with Crippen LogP contribution in [0.3, 0.4) is 0 Å². The standard InChI is InChI=1S/C12H21NO2.C9H8O2/c1-2-3-4-5-6-7-10-8-9-11(14)13-12(10)15;1-7(9(10)11)8-5-3-2-4-6-8/h10H,2-9H2,1H3,(H,13,14,15);2-6H,1H2,(H,10,11). The van der Waals surface area contributed by atoms with E-state index in [9.17, 15) is 14.4 Å². The summed E-state index contributed by atoms with van der Waals surface area (Å²) >= 11 is 0. The number of hydrogen-bond acceptors (Lipinski definition) is 3. The number of aliphatic carboxylic acids is 1. The normalized spacial score (nSPS) is 16.3. The van der Waals surface area contributed by atoms with E-state index in [2.05, 4.69) is 18.8 Å². The molecular weight excluding hydrogens is 330 g/mol. The van der Waals surface area contributed by atoms with E-state index in [0.717, 1.165) is 19.3 Å². The summed E-state index contributed by atoms with van der Waals surface area (Å²) < 4.78 is 0. The van der Waals surface area contributed by atoms with Crippen molar-refractivity contribution in [2.75, 3.05) is 0 Å². The molecule has 2 N–H and O–H groups in total. The highest BCUT2D eigenvalue weighted by Gasteiger charge is 2.25. The van der Waals surface area contributed by atoms with Crippen LogP contribution in [0, 0.1) is 5.92 Å². The van der Waals surface area contributed by atoms with E-state index in [1.54, 1.807) is 24.3 Å². The minimum Gasteiger partial charge on any atom is -0.478 e. The van der Waals surface area contributed by atoms with Crippen LogP contribution in [0.25, 0.3) is 5.57 Å². The third-order valence-electron chi connectivity index (χ3n) is 4.39. The Kier molecular flexibility index (Phi) is 9.98. The highest BCUT2D eigenvalue weighted by Crippen LogP contribution is 2.19. The van der Waals surface area contributed by atoms with E-state index >= 15 is 0 Å². The molecule has 1 aromatic carbocycles. The molecule has 0 aliphatic carbocycles. The number of carboxylic acids is 1. The number of rotatable bonds is 8. The molecule has 0 aromatic heterocycles. The fourth-order valence-corrected chi connectivity index (χ4v) is 2.77. The molecule has 0 saturated carbocycles. The van der Waals surface area contributed by atoms with Gasteiger partial charge in [-0.1, -0.05) is 75.9 Å². The summed E-state index contributed by atoms with van der Waals surface area (Å²) in [5.41, 5.74) is 0.783. The Balaban J connectivity index is 0.000000273. The van der Waals surface area contributed by atoms with E-state index in [-0.39, 0.29) is 23.3 Å². The smallest absolute Gasteiger partial charge is 0.335 e. The number of nitrogens with one attached hydrogen (secondary N) is 1. The second-order valence-corrected chi connectivity index (χ2v) is 6.50. The number of hydrogen-bond donors (Lipinski definition) is 2. The Morgan fingerprint density at radius 3 is 2.38 bits per heavy atom. The zero-order valence-electron chi connectivity index (χ0n) is 15.5. The lowest BCUT2D eigenvalue weighted by molar-refractivity contribution is -0.136. The zero-order chi connectivity index (χ0) is 19.4. The summed E-state index contributed by atoms with van der Waals surface area (Å²) in [5, 5.41) is 10.9. The first kappa shape index (κ1) is 21.6. The number of carboxylic acid groups (broad SMARTS) is 1. The number of carbonyl (C=O) groups excluding carboxylic acids is 2. The maximum atomic E-state index is 11.4. The van der Waals surface area contributed by atoms with Crippen molar-refractivity contribution >= 4 is 23.4 Å². The molecule has 2 amide bonds. The van der Waals surface area contributed by atoms with E-state index in [4.69, 9.17) is 5.11 Å². The number of benzene rings is 1. The Bertz CT molecular complexity index is 610. The van der Waals surface area contributed by atoms with Gasteiger partial charge in [0, 0.05) is 12.3 Å². The highest BCUT2D eigenvalue weighted by molar-refractivity contribution is 6.14. The van der Waals surface area contributed by atoms with Crippen molar-refractivity contribution < 1.29 is 19.5 Å². The average molecular weight is 359 g/mol. The number of imide groups is 1. The zero-order valence-corrected chi connectivity index (χ0v) is 15.5. The third-order valence-corrected chi connectivity index (χ3v) is 4.39. The van der Waals surface area contributed by atoms with Gasteiger partial charge in [0.05, 0.1) is 5.57 Å². The molecule has 0 spiro atoms. The van der Waals surface area contributed by atoms with Gasteiger partial charge in [-0.2, -0.15) is 0 Å². The van der Waals surface area contributed by atoms with Gasteiger partial charge in [-0.15, -0.1) is 0 Å². The molecule has 1 heterocycles.